The van der Waals surface area contributed by atoms with E-state index in [-0.39, 0.29) is 12.5 Å². The van der Waals surface area contributed by atoms with E-state index in [9.17, 15) is 23.1 Å². The molecule has 22 heavy (non-hydrogen) atoms. The number of allylic oxidation sites excluding steroid dienone is 1. The number of aliphatic hydroxyl groups is 1. The minimum atomic E-state index is -4.42. The molecule has 0 saturated heterocycles. The molecule has 122 valence electrons. The van der Waals surface area contributed by atoms with Crippen LogP contribution in [0.1, 0.15) is 31.9 Å². The molecule has 1 amide bonds. The lowest BCUT2D eigenvalue weighted by Crippen LogP contribution is -2.39. The van der Waals surface area contributed by atoms with Crippen molar-refractivity contribution in [3.8, 4) is 0 Å². The third-order valence-corrected chi connectivity index (χ3v) is 2.99. The Morgan fingerprint density at radius 2 is 1.91 bits per heavy atom. The van der Waals surface area contributed by atoms with Gasteiger partial charge in [0.2, 0.25) is 5.91 Å². The van der Waals surface area contributed by atoms with Gasteiger partial charge < -0.3 is 10.0 Å². The zero-order valence-electron chi connectivity index (χ0n) is 13.0. The van der Waals surface area contributed by atoms with Crippen LogP contribution >= 0.6 is 0 Å². The second kappa shape index (κ2) is 6.52. The minimum absolute atomic E-state index is 0.123. The quantitative estimate of drug-likeness (QED) is 0.866. The molecule has 0 aromatic heterocycles. The van der Waals surface area contributed by atoms with Crippen LogP contribution in [0.4, 0.5) is 13.2 Å². The molecule has 1 aromatic carbocycles. The van der Waals surface area contributed by atoms with Crippen molar-refractivity contribution in [2.45, 2.75) is 32.5 Å². The number of rotatable bonds is 4. The molecule has 3 nitrogen and oxygen atoms in total. The molecule has 1 rings (SSSR count). The summed E-state index contributed by atoms with van der Waals surface area (Å²) in [6.45, 7) is 4.84. The molecule has 0 spiro atoms. The zero-order chi connectivity index (χ0) is 17.1. The maximum Gasteiger partial charge on any atom is 0.416 e. The largest absolute Gasteiger partial charge is 0.416 e. The third-order valence-electron chi connectivity index (χ3n) is 2.99. The normalized spacial score (nSPS) is 13.2. The number of halogens is 3. The van der Waals surface area contributed by atoms with Gasteiger partial charge in [0, 0.05) is 19.7 Å². The summed E-state index contributed by atoms with van der Waals surface area (Å²) in [6, 6.07) is 4.82. The molecular formula is C16H20F3NO2. The molecule has 0 heterocycles. The van der Waals surface area contributed by atoms with Gasteiger partial charge in [-0.05, 0) is 44.0 Å². The van der Waals surface area contributed by atoms with Crippen molar-refractivity contribution < 1.29 is 23.1 Å². The average Bonchev–Trinajstić information content (AvgIpc) is 2.35. The lowest BCUT2D eigenvalue weighted by molar-refractivity contribution is -0.137. The number of amides is 1. The van der Waals surface area contributed by atoms with E-state index >= 15 is 0 Å². The summed E-state index contributed by atoms with van der Waals surface area (Å²) in [5, 5.41) is 9.67. The van der Waals surface area contributed by atoms with Crippen LogP contribution in [0.25, 0.3) is 5.57 Å². The van der Waals surface area contributed by atoms with Gasteiger partial charge in [-0.2, -0.15) is 13.2 Å². The fourth-order valence-electron chi connectivity index (χ4n) is 1.98. The number of hydrogen-bond acceptors (Lipinski definition) is 2. The van der Waals surface area contributed by atoms with Gasteiger partial charge in [0.15, 0.2) is 0 Å². The summed E-state index contributed by atoms with van der Waals surface area (Å²) in [7, 11) is 1.52. The molecule has 0 saturated carbocycles. The van der Waals surface area contributed by atoms with Crippen molar-refractivity contribution in [1.82, 2.24) is 4.90 Å². The topological polar surface area (TPSA) is 40.5 Å². The molecule has 1 aromatic rings. The van der Waals surface area contributed by atoms with Crippen LogP contribution in [-0.4, -0.2) is 35.1 Å². The van der Waals surface area contributed by atoms with Crippen LogP contribution in [0.2, 0.25) is 0 Å². The van der Waals surface area contributed by atoms with Crippen LogP contribution in [0.5, 0.6) is 0 Å². The smallest absolute Gasteiger partial charge is 0.389 e. The lowest BCUT2D eigenvalue weighted by atomic mass is 10.0. The molecule has 0 radical (unpaired) electrons. The number of carbonyl (C=O) groups is 1. The van der Waals surface area contributed by atoms with E-state index in [4.69, 9.17) is 0 Å². The highest BCUT2D eigenvalue weighted by molar-refractivity contribution is 5.94. The Labute approximate surface area is 128 Å². The Bertz CT molecular complexity index is 571. The van der Waals surface area contributed by atoms with E-state index in [2.05, 4.69) is 0 Å². The Hall–Kier alpha value is -1.82. The monoisotopic (exact) mass is 315 g/mol. The van der Waals surface area contributed by atoms with Gasteiger partial charge in [-0.15, -0.1) is 0 Å². The first-order chi connectivity index (χ1) is 9.90. The van der Waals surface area contributed by atoms with Gasteiger partial charge in [0.05, 0.1) is 11.2 Å². The van der Waals surface area contributed by atoms with Crippen LogP contribution in [0.3, 0.4) is 0 Å². The number of hydrogen-bond donors (Lipinski definition) is 1. The highest BCUT2D eigenvalue weighted by Crippen LogP contribution is 2.30. The molecular weight excluding hydrogens is 295 g/mol. The standard InChI is InChI=1S/C16H20F3NO2/c1-11(8-14(21)20(4)10-15(2,3)22)12-6-5-7-13(9-12)16(17,18)19/h5-9,22H,10H2,1-4H3/b11-8-. The molecule has 0 bridgehead atoms. The molecule has 0 aliphatic rings. The van der Waals surface area contributed by atoms with Crippen molar-refractivity contribution >= 4 is 11.5 Å². The van der Waals surface area contributed by atoms with Gasteiger partial charge in [0.1, 0.15) is 0 Å². The maximum atomic E-state index is 12.7. The minimum Gasteiger partial charge on any atom is -0.389 e. The fraction of sp³-hybridized carbons (Fsp3) is 0.438. The van der Waals surface area contributed by atoms with Crippen LogP contribution in [0, 0.1) is 0 Å². The number of nitrogens with zero attached hydrogens (tertiary/aromatic N) is 1. The van der Waals surface area contributed by atoms with E-state index in [1.54, 1.807) is 20.8 Å². The Balaban J connectivity index is 2.96. The molecule has 0 aliphatic carbocycles. The lowest BCUT2D eigenvalue weighted by Gasteiger charge is -2.24. The van der Waals surface area contributed by atoms with Gasteiger partial charge in [0.25, 0.3) is 0 Å². The van der Waals surface area contributed by atoms with Crippen molar-refractivity contribution in [3.63, 3.8) is 0 Å². The number of alkyl halides is 3. The van der Waals surface area contributed by atoms with E-state index in [0.717, 1.165) is 12.1 Å². The Morgan fingerprint density at radius 3 is 2.41 bits per heavy atom. The maximum absolute atomic E-state index is 12.7. The number of likely N-dealkylation sites (N-methyl/N-ethyl adjacent to an activating group) is 1. The second-order valence-corrected chi connectivity index (χ2v) is 5.91. The summed E-state index contributed by atoms with van der Waals surface area (Å²) in [6.07, 6.45) is -3.15. The predicted octanol–water partition coefficient (Wildman–Crippen LogP) is 3.34. The highest BCUT2D eigenvalue weighted by atomic mass is 19.4. The van der Waals surface area contributed by atoms with Crippen LogP contribution in [-0.2, 0) is 11.0 Å². The van der Waals surface area contributed by atoms with Gasteiger partial charge in [-0.25, -0.2) is 0 Å². The Kier molecular flexibility index (Phi) is 5.40. The van der Waals surface area contributed by atoms with Gasteiger partial charge >= 0.3 is 6.18 Å². The molecule has 0 unspecified atom stereocenters. The summed E-state index contributed by atoms with van der Waals surface area (Å²) < 4.78 is 38.1. The summed E-state index contributed by atoms with van der Waals surface area (Å²) in [4.78, 5) is 13.3. The van der Waals surface area contributed by atoms with Crippen molar-refractivity contribution in [2.75, 3.05) is 13.6 Å². The van der Waals surface area contributed by atoms with Crippen molar-refractivity contribution in [1.29, 1.82) is 0 Å². The second-order valence-electron chi connectivity index (χ2n) is 5.91. The van der Waals surface area contributed by atoms with Crippen molar-refractivity contribution in [2.24, 2.45) is 0 Å². The van der Waals surface area contributed by atoms with E-state index in [0.29, 0.717) is 11.1 Å². The zero-order valence-corrected chi connectivity index (χ0v) is 13.0. The molecule has 1 N–H and O–H groups in total. The summed E-state index contributed by atoms with van der Waals surface area (Å²) in [5.41, 5.74) is -1.03. The van der Waals surface area contributed by atoms with E-state index < -0.39 is 17.3 Å². The molecule has 0 aliphatic heterocycles. The molecule has 0 atom stereocenters. The fourth-order valence-corrected chi connectivity index (χ4v) is 1.98. The highest BCUT2D eigenvalue weighted by Gasteiger charge is 2.30. The molecule has 6 heteroatoms. The Morgan fingerprint density at radius 1 is 1.32 bits per heavy atom. The number of benzene rings is 1. The summed E-state index contributed by atoms with van der Waals surface area (Å²) >= 11 is 0. The third kappa shape index (κ3) is 5.52. The van der Waals surface area contributed by atoms with E-state index in [1.807, 2.05) is 0 Å². The first-order valence-corrected chi connectivity index (χ1v) is 6.73. The van der Waals surface area contributed by atoms with Crippen LogP contribution < -0.4 is 0 Å². The van der Waals surface area contributed by atoms with Crippen LogP contribution in [0.15, 0.2) is 30.3 Å². The SMILES string of the molecule is C/C(=C/C(=O)N(C)CC(C)(C)O)c1cccc(C(F)(F)F)c1. The van der Waals surface area contributed by atoms with Gasteiger partial charge in [-0.3, -0.25) is 4.79 Å². The average molecular weight is 315 g/mol. The first kappa shape index (κ1) is 18.2. The van der Waals surface area contributed by atoms with Gasteiger partial charge in [-0.1, -0.05) is 12.1 Å². The van der Waals surface area contributed by atoms with E-state index in [1.165, 1.54) is 30.2 Å². The summed E-state index contributed by atoms with van der Waals surface area (Å²) in [5.74, 6) is -0.378. The number of carbonyl (C=O) groups excluding carboxylic acids is 1. The molecule has 0 fully saturated rings. The van der Waals surface area contributed by atoms with Crippen molar-refractivity contribution in [3.05, 3.63) is 41.5 Å². The predicted molar refractivity (Wildman–Crippen MR) is 79.0 cm³/mol. The first-order valence-electron chi connectivity index (χ1n) is 6.73.